The van der Waals surface area contributed by atoms with Gasteiger partial charge in [-0.1, -0.05) is 65.9 Å². The van der Waals surface area contributed by atoms with Crippen LogP contribution in [0.25, 0.3) is 38.3 Å². The molecular weight excluding hydrogens is 384 g/mol. The lowest BCUT2D eigenvalue weighted by atomic mass is 10.1. The summed E-state index contributed by atoms with van der Waals surface area (Å²) in [5.41, 5.74) is 7.41. The van der Waals surface area contributed by atoms with Crippen molar-refractivity contribution in [1.29, 1.82) is 0 Å². The molecule has 0 saturated carbocycles. The van der Waals surface area contributed by atoms with Crippen LogP contribution in [0.1, 0.15) is 11.1 Å². The molecule has 0 amide bonds. The molecule has 0 aliphatic carbocycles. The average molecular weight is 408 g/mol. The summed E-state index contributed by atoms with van der Waals surface area (Å²) < 4.78 is 3.63. The topological polar surface area (TPSA) is 7.34 Å². The molecule has 0 spiro atoms. The van der Waals surface area contributed by atoms with Crippen LogP contribution in [0.5, 0.6) is 0 Å². The highest BCUT2D eigenvalue weighted by molar-refractivity contribution is 7.23. The second-order valence-electron chi connectivity index (χ2n) is 7.58. The van der Waals surface area contributed by atoms with E-state index >= 15 is 0 Å². The maximum atomic E-state index is 2.33. The summed E-state index contributed by atoms with van der Waals surface area (Å²) in [6.07, 6.45) is 6.60. The first kappa shape index (κ1) is 18.6. The fraction of sp³-hybridized carbons (Fsp3) is 0.0741. The molecule has 5 rings (SSSR count). The summed E-state index contributed by atoms with van der Waals surface area (Å²) in [6.45, 7) is 0. The van der Waals surface area contributed by atoms with E-state index in [-0.39, 0.29) is 0 Å². The Hall–Kier alpha value is -3.43. The van der Waals surface area contributed by atoms with E-state index in [0.717, 1.165) is 0 Å². The molecule has 0 aliphatic rings. The zero-order chi connectivity index (χ0) is 20.5. The van der Waals surface area contributed by atoms with Gasteiger partial charge in [-0.25, -0.2) is 0 Å². The Labute approximate surface area is 181 Å². The van der Waals surface area contributed by atoms with Crippen molar-refractivity contribution in [3.05, 3.63) is 102 Å². The van der Waals surface area contributed by atoms with E-state index in [1.165, 1.54) is 43.0 Å². The lowest BCUT2D eigenvalue weighted by Gasteiger charge is -2.12. The first-order valence-corrected chi connectivity index (χ1v) is 10.9. The fourth-order valence-electron chi connectivity index (χ4n) is 3.82. The van der Waals surface area contributed by atoms with Crippen molar-refractivity contribution in [1.82, 2.24) is 0 Å². The summed E-state index contributed by atoms with van der Waals surface area (Å²) in [7, 11) is 4.14. The Morgan fingerprint density at radius 2 is 1.63 bits per heavy atom. The predicted molar refractivity (Wildman–Crippen MR) is 130 cm³/mol. The minimum Gasteiger partial charge on any atom is -0.378 e. The molecule has 0 aliphatic heterocycles. The van der Waals surface area contributed by atoms with Crippen molar-refractivity contribution in [2.24, 2.45) is 0 Å². The van der Waals surface area contributed by atoms with Gasteiger partial charge in [0, 0.05) is 31.4 Å². The number of hydrogen-bond donors (Lipinski definition) is 0. The van der Waals surface area contributed by atoms with Crippen molar-refractivity contribution in [2.75, 3.05) is 19.0 Å². The minimum absolute atomic E-state index is 1.20. The molecule has 3 aromatic carbocycles. The first-order chi connectivity index (χ1) is 14.7. The third-order valence-corrected chi connectivity index (χ3v) is 6.51. The monoisotopic (exact) mass is 407 g/mol. The molecule has 2 aromatic heterocycles. The van der Waals surface area contributed by atoms with Crippen molar-refractivity contribution >= 4 is 44.2 Å². The number of fused-ring (bicyclic) bond motifs is 3. The number of rotatable bonds is 4. The number of aromatic nitrogens is 1. The molecule has 0 atom stereocenters. The molecule has 0 N–H and O–H groups in total. The van der Waals surface area contributed by atoms with Crippen LogP contribution in [0, 0.1) is 0 Å². The quantitative estimate of drug-likeness (QED) is 0.242. The van der Waals surface area contributed by atoms with Gasteiger partial charge in [0.05, 0.1) is 5.56 Å². The van der Waals surface area contributed by atoms with Gasteiger partial charge in [-0.3, -0.25) is 0 Å². The van der Waals surface area contributed by atoms with Crippen LogP contribution in [0.4, 0.5) is 5.69 Å². The first-order valence-electron chi connectivity index (χ1n) is 10.1. The van der Waals surface area contributed by atoms with Gasteiger partial charge in [0.25, 0.3) is 4.83 Å². The Morgan fingerprint density at radius 1 is 0.800 bits per heavy atom. The number of benzene rings is 3. The SMILES string of the molecule is CN(C)c1cccc(C=Cc2cccc3sc4c(-c5ccccc5)ccc[n+]4c23)c1. The standard InChI is InChI=1S/C27H23N2S/c1-28(2)23-13-6-9-20(19-23)16-17-22-12-7-15-25-26(22)29-18-8-14-24(27(29)30-25)21-10-4-3-5-11-21/h3-19H,1-2H3/q+1. The molecule has 5 aromatic rings. The van der Waals surface area contributed by atoms with E-state index in [2.05, 4.69) is 127 Å². The molecule has 0 unspecified atom stereocenters. The zero-order valence-electron chi connectivity index (χ0n) is 17.1. The van der Waals surface area contributed by atoms with E-state index in [4.69, 9.17) is 0 Å². The highest BCUT2D eigenvalue weighted by Gasteiger charge is 2.20. The van der Waals surface area contributed by atoms with Gasteiger partial charge in [-0.15, -0.1) is 4.40 Å². The second kappa shape index (κ2) is 7.77. The molecule has 0 saturated heterocycles. The van der Waals surface area contributed by atoms with E-state index in [1.54, 1.807) is 0 Å². The summed E-state index contributed by atoms with van der Waals surface area (Å²) in [6, 6.07) is 30.1. The summed E-state index contributed by atoms with van der Waals surface area (Å²) in [5.74, 6) is 0. The van der Waals surface area contributed by atoms with Gasteiger partial charge in [0.2, 0.25) is 5.52 Å². The van der Waals surface area contributed by atoms with Crippen molar-refractivity contribution in [2.45, 2.75) is 0 Å². The third-order valence-electron chi connectivity index (χ3n) is 5.35. The van der Waals surface area contributed by atoms with E-state index in [0.29, 0.717) is 0 Å². The largest absolute Gasteiger partial charge is 0.378 e. The van der Waals surface area contributed by atoms with Crippen molar-refractivity contribution < 1.29 is 4.40 Å². The van der Waals surface area contributed by atoms with Crippen LogP contribution >= 0.6 is 11.3 Å². The molecular formula is C27H23N2S+. The number of para-hydroxylation sites is 1. The highest BCUT2D eigenvalue weighted by Crippen LogP contribution is 2.31. The van der Waals surface area contributed by atoms with Gasteiger partial charge >= 0.3 is 0 Å². The van der Waals surface area contributed by atoms with Crippen molar-refractivity contribution in [3.63, 3.8) is 0 Å². The molecule has 0 bridgehead atoms. The Morgan fingerprint density at radius 3 is 2.47 bits per heavy atom. The molecule has 2 nitrogen and oxygen atoms in total. The van der Waals surface area contributed by atoms with Crippen molar-refractivity contribution in [3.8, 4) is 11.1 Å². The fourth-order valence-corrected chi connectivity index (χ4v) is 5.04. The number of nitrogens with zero attached hydrogens (tertiary/aromatic N) is 2. The molecule has 146 valence electrons. The molecule has 0 radical (unpaired) electrons. The van der Waals surface area contributed by atoms with Gasteiger partial charge in [-0.05, 0) is 47.5 Å². The van der Waals surface area contributed by atoms with Gasteiger partial charge < -0.3 is 4.90 Å². The average Bonchev–Trinajstić information content (AvgIpc) is 3.18. The van der Waals surface area contributed by atoms with Crippen LogP contribution in [-0.4, -0.2) is 14.1 Å². The normalized spacial score (nSPS) is 11.5. The van der Waals surface area contributed by atoms with Gasteiger partial charge in [0.1, 0.15) is 4.70 Å². The van der Waals surface area contributed by atoms with E-state index in [9.17, 15) is 0 Å². The van der Waals surface area contributed by atoms with E-state index in [1.807, 2.05) is 11.3 Å². The number of hydrogen-bond acceptors (Lipinski definition) is 2. The smallest absolute Gasteiger partial charge is 0.276 e. The van der Waals surface area contributed by atoms with Crippen LogP contribution in [0.15, 0.2) is 91.1 Å². The lowest BCUT2D eigenvalue weighted by Crippen LogP contribution is -2.19. The second-order valence-corrected chi connectivity index (χ2v) is 8.61. The third kappa shape index (κ3) is 3.38. The predicted octanol–water partition coefficient (Wildman–Crippen LogP) is 6.54. The molecule has 2 heterocycles. The Kier molecular flexibility index (Phi) is 4.82. The van der Waals surface area contributed by atoms with Gasteiger partial charge in [-0.2, -0.15) is 0 Å². The molecule has 30 heavy (non-hydrogen) atoms. The number of thiazole rings is 1. The van der Waals surface area contributed by atoms with Crippen LogP contribution in [0.3, 0.4) is 0 Å². The zero-order valence-corrected chi connectivity index (χ0v) is 17.9. The minimum atomic E-state index is 1.20. The Bertz CT molecular complexity index is 1360. The van der Waals surface area contributed by atoms with Crippen LogP contribution in [0.2, 0.25) is 0 Å². The number of pyridine rings is 1. The summed E-state index contributed by atoms with van der Waals surface area (Å²) in [4.78, 5) is 3.40. The summed E-state index contributed by atoms with van der Waals surface area (Å²) in [5, 5.41) is 0. The van der Waals surface area contributed by atoms with Gasteiger partial charge in [0.15, 0.2) is 6.20 Å². The lowest BCUT2D eigenvalue weighted by molar-refractivity contribution is -0.477. The molecule has 0 fully saturated rings. The maximum absolute atomic E-state index is 2.33. The van der Waals surface area contributed by atoms with E-state index < -0.39 is 0 Å². The molecule has 3 heteroatoms. The highest BCUT2D eigenvalue weighted by atomic mass is 32.1. The van der Waals surface area contributed by atoms with Crippen LogP contribution < -0.4 is 9.30 Å². The summed E-state index contributed by atoms with van der Waals surface area (Å²) >= 11 is 1.85. The Balaban J connectivity index is 1.64. The maximum Gasteiger partial charge on any atom is 0.276 e. The van der Waals surface area contributed by atoms with Crippen LogP contribution in [-0.2, 0) is 0 Å². The number of anilines is 1.